The average molecular weight is 553 g/mol. The van der Waals surface area contributed by atoms with Crippen molar-refractivity contribution in [2.24, 2.45) is 5.41 Å². The highest BCUT2D eigenvalue weighted by molar-refractivity contribution is 6.03. The predicted octanol–water partition coefficient (Wildman–Crippen LogP) is 4.09. The second kappa shape index (κ2) is 12.2. The smallest absolute Gasteiger partial charge is 0.327 e. The van der Waals surface area contributed by atoms with Crippen molar-refractivity contribution in [1.29, 1.82) is 0 Å². The van der Waals surface area contributed by atoms with Gasteiger partial charge in [-0.1, -0.05) is 33.3 Å². The molecular formula is C30H40N4O6. The molecule has 10 nitrogen and oxygen atoms in total. The number of piperazine rings is 1. The topological polar surface area (TPSA) is 123 Å². The van der Waals surface area contributed by atoms with E-state index in [-0.39, 0.29) is 23.3 Å². The molecule has 10 heteroatoms. The maximum atomic E-state index is 13.5. The third-order valence-corrected chi connectivity index (χ3v) is 8.25. The van der Waals surface area contributed by atoms with Gasteiger partial charge < -0.3 is 30.1 Å². The van der Waals surface area contributed by atoms with Gasteiger partial charge in [0.25, 0.3) is 5.91 Å². The van der Waals surface area contributed by atoms with Gasteiger partial charge in [0, 0.05) is 31.7 Å². The van der Waals surface area contributed by atoms with Gasteiger partial charge in [-0.2, -0.15) is 0 Å². The Morgan fingerprint density at radius 3 is 2.23 bits per heavy atom. The van der Waals surface area contributed by atoms with Crippen molar-refractivity contribution in [3.05, 3.63) is 53.6 Å². The van der Waals surface area contributed by atoms with Crippen molar-refractivity contribution >= 4 is 17.8 Å². The molecule has 2 atom stereocenters. The van der Waals surface area contributed by atoms with Crippen LogP contribution in [0.15, 0.2) is 42.5 Å². The lowest BCUT2D eigenvalue weighted by Crippen LogP contribution is -2.73. The molecule has 4 amide bonds. The highest BCUT2D eigenvalue weighted by Gasteiger charge is 2.63. The molecule has 2 heterocycles. The fraction of sp³-hybridized carbons (Fsp3) is 0.500. The minimum atomic E-state index is -0.845. The molecule has 4 rings (SSSR count). The van der Waals surface area contributed by atoms with Crippen molar-refractivity contribution < 1.29 is 29.3 Å². The molecule has 216 valence electrons. The zero-order valence-electron chi connectivity index (χ0n) is 23.7. The van der Waals surface area contributed by atoms with E-state index in [1.54, 1.807) is 30.3 Å². The molecule has 2 aliphatic rings. The zero-order valence-corrected chi connectivity index (χ0v) is 23.7. The third kappa shape index (κ3) is 5.58. The molecule has 2 aromatic rings. The highest BCUT2D eigenvalue weighted by Crippen LogP contribution is 2.46. The fourth-order valence-electron chi connectivity index (χ4n) is 5.48. The van der Waals surface area contributed by atoms with Gasteiger partial charge in [0.2, 0.25) is 5.91 Å². The highest BCUT2D eigenvalue weighted by atomic mass is 16.5. The summed E-state index contributed by atoms with van der Waals surface area (Å²) in [5.74, 6) is -0.392. The lowest BCUT2D eigenvalue weighted by molar-refractivity contribution is -0.191. The third-order valence-electron chi connectivity index (χ3n) is 8.25. The van der Waals surface area contributed by atoms with Gasteiger partial charge in [-0.05, 0) is 68.3 Å². The summed E-state index contributed by atoms with van der Waals surface area (Å²) in [5.41, 5.74) is 0.338. The Morgan fingerprint density at radius 2 is 1.65 bits per heavy atom. The SMILES string of the molecule is CCC[C@@H](NC(=O)N1C(=O)C(CC)(CC)[C@@H]1Oc1ccc(C(=O)N2CCN(C)CC2)cc1)c1ccc(O)c(O)c1. The number of phenols is 2. The Balaban J connectivity index is 1.50. The number of rotatable bonds is 9. The molecule has 0 bridgehead atoms. The van der Waals surface area contributed by atoms with Crippen LogP contribution in [0.25, 0.3) is 0 Å². The molecule has 0 aromatic heterocycles. The van der Waals surface area contributed by atoms with Crippen LogP contribution >= 0.6 is 0 Å². The number of nitrogens with one attached hydrogen (secondary N) is 1. The van der Waals surface area contributed by atoms with Crippen LogP contribution in [-0.2, 0) is 4.79 Å². The van der Waals surface area contributed by atoms with Crippen LogP contribution in [0.5, 0.6) is 17.2 Å². The van der Waals surface area contributed by atoms with Crippen LogP contribution in [0.1, 0.15) is 68.4 Å². The number of likely N-dealkylation sites (tertiary alicyclic amines) is 1. The van der Waals surface area contributed by atoms with Gasteiger partial charge in [-0.3, -0.25) is 9.59 Å². The number of phenolic OH excluding ortho intramolecular Hbond substituents is 2. The van der Waals surface area contributed by atoms with Gasteiger partial charge in [-0.15, -0.1) is 0 Å². The molecule has 40 heavy (non-hydrogen) atoms. The number of amides is 4. The summed E-state index contributed by atoms with van der Waals surface area (Å²) < 4.78 is 6.27. The maximum absolute atomic E-state index is 13.5. The molecule has 0 saturated carbocycles. The van der Waals surface area contributed by atoms with Crippen molar-refractivity contribution in [3.8, 4) is 17.2 Å². The van der Waals surface area contributed by atoms with E-state index in [9.17, 15) is 24.6 Å². The number of nitrogens with zero attached hydrogens (tertiary/aromatic N) is 3. The summed E-state index contributed by atoms with van der Waals surface area (Å²) in [5, 5.41) is 22.6. The number of carbonyl (C=O) groups excluding carboxylic acids is 3. The van der Waals surface area contributed by atoms with Crippen LogP contribution in [0, 0.1) is 5.41 Å². The van der Waals surface area contributed by atoms with Crippen molar-refractivity contribution in [1.82, 2.24) is 20.0 Å². The Kier molecular flexibility index (Phi) is 8.88. The van der Waals surface area contributed by atoms with E-state index in [0.717, 1.165) is 24.4 Å². The molecule has 2 saturated heterocycles. The number of ether oxygens (including phenoxy) is 1. The lowest BCUT2D eigenvalue weighted by atomic mass is 9.72. The molecule has 2 aromatic carbocycles. The Bertz CT molecular complexity index is 1220. The monoisotopic (exact) mass is 552 g/mol. The summed E-state index contributed by atoms with van der Waals surface area (Å²) in [7, 11) is 2.04. The Labute approximate surface area is 235 Å². The summed E-state index contributed by atoms with van der Waals surface area (Å²) in [6.07, 6.45) is 1.50. The van der Waals surface area contributed by atoms with Crippen molar-refractivity contribution in [2.75, 3.05) is 33.2 Å². The second-order valence-corrected chi connectivity index (χ2v) is 10.7. The van der Waals surface area contributed by atoms with Crippen LogP contribution in [0.3, 0.4) is 0 Å². The maximum Gasteiger partial charge on any atom is 0.327 e. The van der Waals surface area contributed by atoms with E-state index in [2.05, 4.69) is 10.2 Å². The second-order valence-electron chi connectivity index (χ2n) is 10.7. The number of likely N-dealkylation sites (N-methyl/N-ethyl adjacent to an activating group) is 1. The van der Waals surface area contributed by atoms with E-state index in [4.69, 9.17) is 4.74 Å². The minimum Gasteiger partial charge on any atom is -0.504 e. The van der Waals surface area contributed by atoms with Gasteiger partial charge >= 0.3 is 6.03 Å². The number of carbonyl (C=O) groups is 3. The van der Waals surface area contributed by atoms with Crippen LogP contribution < -0.4 is 10.1 Å². The van der Waals surface area contributed by atoms with E-state index in [0.29, 0.717) is 49.2 Å². The Morgan fingerprint density at radius 1 is 1.00 bits per heavy atom. The normalized spacial score (nSPS) is 19.6. The number of aromatic hydroxyl groups is 2. The first-order valence-electron chi connectivity index (χ1n) is 14.1. The molecule has 2 fully saturated rings. The van der Waals surface area contributed by atoms with E-state index < -0.39 is 23.7 Å². The first-order valence-corrected chi connectivity index (χ1v) is 14.1. The fourth-order valence-corrected chi connectivity index (χ4v) is 5.48. The average Bonchev–Trinajstić information content (AvgIpc) is 2.95. The lowest BCUT2D eigenvalue weighted by Gasteiger charge is -2.53. The predicted molar refractivity (Wildman–Crippen MR) is 150 cm³/mol. The van der Waals surface area contributed by atoms with Crippen LogP contribution in [0.4, 0.5) is 4.79 Å². The summed E-state index contributed by atoms with van der Waals surface area (Å²) in [6.45, 7) is 8.82. The summed E-state index contributed by atoms with van der Waals surface area (Å²) in [4.78, 5) is 44.9. The van der Waals surface area contributed by atoms with Gasteiger partial charge in [0.15, 0.2) is 17.7 Å². The van der Waals surface area contributed by atoms with Gasteiger partial charge in [0.05, 0.1) is 6.04 Å². The number of β-lactam (4-membered cyclic amide) rings is 1. The van der Waals surface area contributed by atoms with Crippen molar-refractivity contribution in [3.63, 3.8) is 0 Å². The summed E-state index contributed by atoms with van der Waals surface area (Å²) in [6, 6.07) is 10.2. The van der Waals surface area contributed by atoms with Crippen LogP contribution in [0.2, 0.25) is 0 Å². The summed E-state index contributed by atoms with van der Waals surface area (Å²) >= 11 is 0. The number of urea groups is 1. The molecule has 0 spiro atoms. The number of hydrogen-bond acceptors (Lipinski definition) is 7. The first-order chi connectivity index (χ1) is 19.1. The van der Waals surface area contributed by atoms with Crippen molar-refractivity contribution in [2.45, 2.75) is 58.7 Å². The minimum absolute atomic E-state index is 0.0295. The molecule has 0 unspecified atom stereocenters. The first kappa shape index (κ1) is 29.2. The molecule has 3 N–H and O–H groups in total. The van der Waals surface area contributed by atoms with Gasteiger partial charge in [-0.25, -0.2) is 9.69 Å². The van der Waals surface area contributed by atoms with Crippen LogP contribution in [-0.4, -0.2) is 82.2 Å². The number of hydrogen-bond donors (Lipinski definition) is 3. The number of imide groups is 1. The zero-order chi connectivity index (χ0) is 29.0. The molecule has 2 aliphatic heterocycles. The Hall–Kier alpha value is -3.79. The number of benzene rings is 2. The molecule has 0 radical (unpaired) electrons. The van der Waals surface area contributed by atoms with Gasteiger partial charge in [0.1, 0.15) is 11.2 Å². The standard InChI is InChI=1S/C30H40N4O6/c1-5-8-23(21-11-14-24(35)25(36)19-21)31-29(39)34-27(38)30(6-2,7-3)28(34)40-22-12-9-20(10-13-22)26(37)33-17-15-32(4)16-18-33/h9-14,19,23,28,35-36H,5-8,15-18H2,1-4H3,(H,31,39)/t23-,28+/m1/s1. The largest absolute Gasteiger partial charge is 0.504 e. The molecule has 0 aliphatic carbocycles. The quantitative estimate of drug-likeness (QED) is 0.316. The van der Waals surface area contributed by atoms with E-state index >= 15 is 0 Å². The van der Waals surface area contributed by atoms with E-state index in [1.165, 1.54) is 12.1 Å². The molecular weight excluding hydrogens is 512 g/mol. The van der Waals surface area contributed by atoms with E-state index in [1.807, 2.05) is 32.7 Å².